The topological polar surface area (TPSA) is 70.1 Å². The Labute approximate surface area is 109 Å². The van der Waals surface area contributed by atoms with E-state index in [0.717, 1.165) is 19.8 Å². The van der Waals surface area contributed by atoms with Crippen molar-refractivity contribution >= 4 is 5.91 Å². The second kappa shape index (κ2) is 4.26. The van der Waals surface area contributed by atoms with Crippen LogP contribution in [0.15, 0.2) is 0 Å². The lowest BCUT2D eigenvalue weighted by Gasteiger charge is -2.14. The van der Waals surface area contributed by atoms with E-state index in [1.54, 1.807) is 7.11 Å². The van der Waals surface area contributed by atoms with Gasteiger partial charge in [-0.2, -0.15) is 13.9 Å². The van der Waals surface area contributed by atoms with Crippen LogP contribution < -0.4 is 5.73 Å². The van der Waals surface area contributed by atoms with Crippen LogP contribution in [0.3, 0.4) is 0 Å². The number of rotatable bonds is 5. The van der Waals surface area contributed by atoms with Crippen LogP contribution >= 0.6 is 0 Å². The average Bonchev–Trinajstić information content (AvgIpc) is 2.95. The fourth-order valence-electron chi connectivity index (χ4n) is 2.23. The van der Waals surface area contributed by atoms with E-state index in [1.165, 1.54) is 11.6 Å². The van der Waals surface area contributed by atoms with E-state index >= 15 is 0 Å². The number of nitrogens with zero attached hydrogens (tertiary/aromatic N) is 2. The van der Waals surface area contributed by atoms with Gasteiger partial charge in [0.1, 0.15) is 11.4 Å². The molecule has 1 aliphatic rings. The molecule has 0 unspecified atom stereocenters. The van der Waals surface area contributed by atoms with E-state index in [9.17, 15) is 13.6 Å². The Kier molecular flexibility index (Phi) is 3.12. The van der Waals surface area contributed by atoms with Gasteiger partial charge in [-0.1, -0.05) is 0 Å². The SMILES string of the molecule is COC1(Cn2nc(C(C)(F)F)c(C)c2C(N)=O)CC1. The fourth-order valence-corrected chi connectivity index (χ4v) is 2.23. The normalized spacial score (nSPS) is 17.5. The summed E-state index contributed by atoms with van der Waals surface area (Å²) in [4.78, 5) is 11.5. The van der Waals surface area contributed by atoms with Gasteiger partial charge < -0.3 is 10.5 Å². The Hall–Kier alpha value is -1.50. The Balaban J connectivity index is 2.45. The van der Waals surface area contributed by atoms with Crippen molar-refractivity contribution in [3.63, 3.8) is 0 Å². The molecule has 0 aromatic carbocycles. The monoisotopic (exact) mass is 273 g/mol. The molecular weight excluding hydrogens is 256 g/mol. The number of nitrogens with two attached hydrogens (primary N) is 1. The molecule has 106 valence electrons. The molecule has 1 aliphatic carbocycles. The Bertz CT molecular complexity index is 516. The minimum absolute atomic E-state index is 0.0276. The van der Waals surface area contributed by atoms with Crippen LogP contribution in [0, 0.1) is 6.92 Å². The third-order valence-electron chi connectivity index (χ3n) is 3.52. The lowest BCUT2D eigenvalue weighted by molar-refractivity contribution is 0.0103. The summed E-state index contributed by atoms with van der Waals surface area (Å²) in [7, 11) is 1.56. The summed E-state index contributed by atoms with van der Waals surface area (Å²) in [6.07, 6.45) is 1.64. The second-order valence-corrected chi connectivity index (χ2v) is 5.12. The van der Waals surface area contributed by atoms with Gasteiger partial charge in [-0.3, -0.25) is 9.48 Å². The molecule has 1 heterocycles. The highest BCUT2D eigenvalue weighted by atomic mass is 19.3. The van der Waals surface area contributed by atoms with Gasteiger partial charge in [0.05, 0.1) is 12.1 Å². The highest BCUT2D eigenvalue weighted by Gasteiger charge is 2.45. The molecule has 19 heavy (non-hydrogen) atoms. The Morgan fingerprint density at radius 2 is 2.16 bits per heavy atom. The highest BCUT2D eigenvalue weighted by Crippen LogP contribution is 2.41. The van der Waals surface area contributed by atoms with Crippen LogP contribution in [0.25, 0.3) is 0 Å². The number of alkyl halides is 2. The molecule has 5 nitrogen and oxygen atoms in total. The summed E-state index contributed by atoms with van der Waals surface area (Å²) >= 11 is 0. The Morgan fingerprint density at radius 3 is 2.53 bits per heavy atom. The minimum Gasteiger partial charge on any atom is -0.376 e. The van der Waals surface area contributed by atoms with Crippen molar-refractivity contribution in [1.29, 1.82) is 0 Å². The molecule has 0 radical (unpaired) electrons. The molecule has 0 atom stereocenters. The van der Waals surface area contributed by atoms with Crippen molar-refractivity contribution in [2.24, 2.45) is 5.73 Å². The summed E-state index contributed by atoms with van der Waals surface area (Å²) in [5, 5.41) is 3.86. The molecule has 0 spiro atoms. The molecule has 2 rings (SSSR count). The summed E-state index contributed by atoms with van der Waals surface area (Å²) < 4.78 is 33.5. The van der Waals surface area contributed by atoms with E-state index < -0.39 is 23.1 Å². The van der Waals surface area contributed by atoms with Crippen LogP contribution in [-0.2, 0) is 17.2 Å². The predicted octanol–water partition coefficient (Wildman–Crippen LogP) is 1.58. The summed E-state index contributed by atoms with van der Waals surface area (Å²) in [6, 6.07) is 0. The zero-order valence-corrected chi connectivity index (χ0v) is 11.2. The second-order valence-electron chi connectivity index (χ2n) is 5.12. The lowest BCUT2D eigenvalue weighted by atomic mass is 10.1. The summed E-state index contributed by atoms with van der Waals surface area (Å²) in [5.74, 6) is -3.86. The number of methoxy groups -OCH3 is 1. The van der Waals surface area contributed by atoms with Crippen molar-refractivity contribution in [1.82, 2.24) is 9.78 Å². The molecule has 0 saturated heterocycles. The highest BCUT2D eigenvalue weighted by molar-refractivity contribution is 5.92. The number of amides is 1. The molecule has 0 aliphatic heterocycles. The molecule has 7 heteroatoms. The third kappa shape index (κ3) is 2.47. The molecular formula is C12H17F2N3O2. The van der Waals surface area contributed by atoms with Crippen molar-refractivity contribution in [3.8, 4) is 0 Å². The van der Waals surface area contributed by atoms with Crippen LogP contribution in [0.5, 0.6) is 0 Å². The van der Waals surface area contributed by atoms with Crippen LogP contribution in [0.4, 0.5) is 8.78 Å². The van der Waals surface area contributed by atoms with E-state index in [-0.39, 0.29) is 17.8 Å². The maximum absolute atomic E-state index is 13.4. The van der Waals surface area contributed by atoms with Gasteiger partial charge in [0.25, 0.3) is 11.8 Å². The van der Waals surface area contributed by atoms with Gasteiger partial charge in [-0.15, -0.1) is 0 Å². The Morgan fingerprint density at radius 1 is 1.58 bits per heavy atom. The van der Waals surface area contributed by atoms with Gasteiger partial charge >= 0.3 is 0 Å². The molecule has 1 aromatic rings. The number of primary amides is 1. The summed E-state index contributed by atoms with van der Waals surface area (Å²) in [6.45, 7) is 2.45. The molecule has 1 fully saturated rings. The van der Waals surface area contributed by atoms with Crippen molar-refractivity contribution in [2.75, 3.05) is 7.11 Å². The number of carbonyl (C=O) groups excluding carboxylic acids is 1. The number of carbonyl (C=O) groups is 1. The third-order valence-corrected chi connectivity index (χ3v) is 3.52. The van der Waals surface area contributed by atoms with Crippen LogP contribution in [0.2, 0.25) is 0 Å². The van der Waals surface area contributed by atoms with Crippen LogP contribution in [0.1, 0.15) is 41.5 Å². The zero-order valence-electron chi connectivity index (χ0n) is 11.2. The number of halogens is 2. The largest absolute Gasteiger partial charge is 0.376 e. The van der Waals surface area contributed by atoms with Crippen molar-refractivity contribution < 1.29 is 18.3 Å². The maximum Gasteiger partial charge on any atom is 0.289 e. The smallest absolute Gasteiger partial charge is 0.289 e. The van der Waals surface area contributed by atoms with E-state index in [0.29, 0.717) is 0 Å². The first-order valence-corrected chi connectivity index (χ1v) is 6.01. The number of ether oxygens (including phenoxy) is 1. The quantitative estimate of drug-likeness (QED) is 0.885. The standard InChI is InChI=1S/C12H17F2N3O2/c1-7-8(10(15)18)17(6-12(19-3)4-5-12)16-9(7)11(2,13)14/h4-6H2,1-3H3,(H2,15,18). The fraction of sp³-hybridized carbons (Fsp3) is 0.667. The molecule has 0 bridgehead atoms. The molecule has 1 aromatic heterocycles. The van der Waals surface area contributed by atoms with E-state index in [1.807, 2.05) is 0 Å². The first-order chi connectivity index (χ1) is 8.70. The van der Waals surface area contributed by atoms with E-state index in [4.69, 9.17) is 10.5 Å². The number of hydrogen-bond acceptors (Lipinski definition) is 3. The number of aromatic nitrogens is 2. The molecule has 2 N–H and O–H groups in total. The van der Waals surface area contributed by atoms with Gasteiger partial charge in [-0.25, -0.2) is 0 Å². The first-order valence-electron chi connectivity index (χ1n) is 6.01. The minimum atomic E-state index is -3.11. The van der Waals surface area contributed by atoms with Gasteiger partial charge in [0.15, 0.2) is 0 Å². The van der Waals surface area contributed by atoms with Crippen LogP contribution in [-0.4, -0.2) is 28.4 Å². The van der Waals surface area contributed by atoms with Crippen molar-refractivity contribution in [3.05, 3.63) is 17.0 Å². The molecule has 1 amide bonds. The zero-order chi connectivity index (χ0) is 14.4. The van der Waals surface area contributed by atoms with Gasteiger partial charge in [-0.05, 0) is 19.8 Å². The summed E-state index contributed by atoms with van der Waals surface area (Å²) in [5.41, 5.74) is 4.62. The predicted molar refractivity (Wildman–Crippen MR) is 64.0 cm³/mol. The molecule has 1 saturated carbocycles. The maximum atomic E-state index is 13.4. The van der Waals surface area contributed by atoms with Gasteiger partial charge in [0.2, 0.25) is 0 Å². The van der Waals surface area contributed by atoms with Crippen molar-refractivity contribution in [2.45, 2.75) is 44.8 Å². The lowest BCUT2D eigenvalue weighted by Crippen LogP contribution is -2.26. The number of hydrogen-bond donors (Lipinski definition) is 1. The first kappa shape index (κ1) is 13.9. The average molecular weight is 273 g/mol. The van der Waals surface area contributed by atoms with E-state index in [2.05, 4.69) is 5.10 Å². The van der Waals surface area contributed by atoms with Gasteiger partial charge in [0, 0.05) is 19.6 Å².